The van der Waals surface area contributed by atoms with Gasteiger partial charge in [0, 0.05) is 6.20 Å². The number of nitrogens with zero attached hydrogens (tertiary/aromatic N) is 3. The second-order valence-corrected chi connectivity index (χ2v) is 6.05. The van der Waals surface area contributed by atoms with E-state index in [-0.39, 0.29) is 10.8 Å². The van der Waals surface area contributed by atoms with Gasteiger partial charge < -0.3 is 9.84 Å². The minimum Gasteiger partial charge on any atom is -0.492 e. The fraction of sp³-hybridized carbons (Fsp3) is 0.0769. The molecular weight excluding hydrogens is 308 g/mol. The van der Waals surface area contributed by atoms with Gasteiger partial charge in [-0.2, -0.15) is 0 Å². The van der Waals surface area contributed by atoms with E-state index in [0.29, 0.717) is 22.5 Å². The van der Waals surface area contributed by atoms with Crippen LogP contribution in [0.5, 0.6) is 11.8 Å². The fourth-order valence-electron chi connectivity index (χ4n) is 2.13. The molecule has 9 heteroatoms. The highest BCUT2D eigenvalue weighted by molar-refractivity contribution is 7.89. The summed E-state index contributed by atoms with van der Waals surface area (Å²) >= 11 is 0. The van der Waals surface area contributed by atoms with Crippen LogP contribution in [0, 0.1) is 0 Å². The van der Waals surface area contributed by atoms with Gasteiger partial charge in [0.1, 0.15) is 5.52 Å². The lowest BCUT2D eigenvalue weighted by Gasteiger charge is -2.06. The third-order valence-corrected chi connectivity index (χ3v) is 4.07. The molecule has 22 heavy (non-hydrogen) atoms. The number of aromatic hydroxyl groups is 1. The Kier molecular flexibility index (Phi) is 3.23. The molecule has 2 heterocycles. The number of primary sulfonamides is 1. The average molecular weight is 320 g/mol. The van der Waals surface area contributed by atoms with Crippen LogP contribution in [0.4, 0.5) is 0 Å². The Labute approximate surface area is 125 Å². The first kappa shape index (κ1) is 14.3. The van der Waals surface area contributed by atoms with E-state index in [9.17, 15) is 13.5 Å². The maximum Gasteiger partial charge on any atom is 0.240 e. The smallest absolute Gasteiger partial charge is 0.240 e. The van der Waals surface area contributed by atoms with Crippen LogP contribution in [-0.4, -0.2) is 35.4 Å². The number of hydrogen-bond donors (Lipinski definition) is 2. The maximum absolute atomic E-state index is 11.3. The van der Waals surface area contributed by atoms with Crippen molar-refractivity contribution in [1.29, 1.82) is 0 Å². The van der Waals surface area contributed by atoms with Crippen LogP contribution >= 0.6 is 0 Å². The standard InChI is InChI=1S/C13H12N4O4S/c1-21-13-11-10(6-7-15-13)12(18)16-17(11)8-2-4-9(5-3-8)22(14,19)20/h2-7H,1H3,(H,16,18)(H2,14,19,20). The van der Waals surface area contributed by atoms with Crippen molar-refractivity contribution in [2.45, 2.75) is 4.90 Å². The van der Waals surface area contributed by atoms with Crippen LogP contribution in [-0.2, 0) is 10.0 Å². The molecule has 0 aliphatic rings. The summed E-state index contributed by atoms with van der Waals surface area (Å²) in [6.45, 7) is 0. The van der Waals surface area contributed by atoms with Crippen LogP contribution in [0.1, 0.15) is 0 Å². The Balaban J connectivity index is 2.22. The zero-order chi connectivity index (χ0) is 15.9. The van der Waals surface area contributed by atoms with Crippen LogP contribution in [0.2, 0.25) is 0 Å². The van der Waals surface area contributed by atoms with E-state index in [1.165, 1.54) is 42.3 Å². The number of pyridine rings is 1. The summed E-state index contributed by atoms with van der Waals surface area (Å²) in [5.41, 5.74) is 1.01. The van der Waals surface area contributed by atoms with Gasteiger partial charge in [0.25, 0.3) is 0 Å². The van der Waals surface area contributed by atoms with Crippen molar-refractivity contribution in [2.24, 2.45) is 5.14 Å². The van der Waals surface area contributed by atoms with Crippen LogP contribution in [0.25, 0.3) is 16.6 Å². The monoisotopic (exact) mass is 320 g/mol. The number of benzene rings is 1. The van der Waals surface area contributed by atoms with Gasteiger partial charge in [-0.25, -0.2) is 23.2 Å². The summed E-state index contributed by atoms with van der Waals surface area (Å²) in [4.78, 5) is 4.06. The van der Waals surface area contributed by atoms with E-state index in [2.05, 4.69) is 10.1 Å². The molecule has 0 radical (unpaired) electrons. The summed E-state index contributed by atoms with van der Waals surface area (Å²) in [5, 5.41) is 19.5. The van der Waals surface area contributed by atoms with E-state index < -0.39 is 10.0 Å². The first-order valence-corrected chi connectivity index (χ1v) is 7.70. The van der Waals surface area contributed by atoms with Crippen molar-refractivity contribution < 1.29 is 18.3 Å². The second-order valence-electron chi connectivity index (χ2n) is 4.49. The molecule has 0 saturated heterocycles. The normalized spacial score (nSPS) is 11.7. The lowest BCUT2D eigenvalue weighted by atomic mass is 10.3. The van der Waals surface area contributed by atoms with Crippen LogP contribution in [0.3, 0.4) is 0 Å². The van der Waals surface area contributed by atoms with Gasteiger partial charge in [0.05, 0.1) is 23.1 Å². The molecule has 0 amide bonds. The molecule has 2 aromatic heterocycles. The quantitative estimate of drug-likeness (QED) is 0.736. The van der Waals surface area contributed by atoms with Crippen LogP contribution in [0.15, 0.2) is 41.4 Å². The van der Waals surface area contributed by atoms with Gasteiger partial charge in [-0.15, -0.1) is 5.10 Å². The molecule has 0 bridgehead atoms. The van der Waals surface area contributed by atoms with E-state index in [1.54, 1.807) is 6.07 Å². The molecule has 0 saturated carbocycles. The molecule has 3 aromatic rings. The largest absolute Gasteiger partial charge is 0.492 e. The molecular formula is C13H12N4O4S. The highest BCUT2D eigenvalue weighted by Crippen LogP contribution is 2.31. The number of aromatic nitrogens is 3. The lowest BCUT2D eigenvalue weighted by molar-refractivity contribution is 0.401. The number of hydrogen-bond acceptors (Lipinski definition) is 6. The Hall–Kier alpha value is -2.65. The van der Waals surface area contributed by atoms with Gasteiger partial charge in [0.15, 0.2) is 0 Å². The van der Waals surface area contributed by atoms with Crippen molar-refractivity contribution >= 4 is 20.9 Å². The summed E-state index contributed by atoms with van der Waals surface area (Å²) < 4.78 is 29.2. The van der Waals surface area contributed by atoms with Gasteiger partial charge in [-0.3, -0.25) is 0 Å². The first-order valence-electron chi connectivity index (χ1n) is 6.16. The number of sulfonamides is 1. The van der Waals surface area contributed by atoms with Gasteiger partial charge in [-0.1, -0.05) is 0 Å². The summed E-state index contributed by atoms with van der Waals surface area (Å²) in [5.74, 6) is 0.118. The van der Waals surface area contributed by atoms with E-state index in [0.717, 1.165) is 0 Å². The highest BCUT2D eigenvalue weighted by Gasteiger charge is 2.17. The van der Waals surface area contributed by atoms with Crippen molar-refractivity contribution in [3.8, 4) is 17.4 Å². The van der Waals surface area contributed by atoms with Crippen molar-refractivity contribution in [2.75, 3.05) is 7.11 Å². The molecule has 0 aliphatic heterocycles. The Morgan fingerprint density at radius 2 is 1.91 bits per heavy atom. The molecule has 0 unspecified atom stereocenters. The summed E-state index contributed by atoms with van der Waals surface area (Å²) in [6.07, 6.45) is 1.50. The third-order valence-electron chi connectivity index (χ3n) is 3.14. The Bertz CT molecular complexity index is 948. The summed E-state index contributed by atoms with van der Waals surface area (Å²) in [6, 6.07) is 7.38. The minimum absolute atomic E-state index is 0.0120. The number of nitrogens with two attached hydrogens (primary N) is 1. The average Bonchev–Trinajstić information content (AvgIpc) is 2.84. The topological polar surface area (TPSA) is 120 Å². The molecule has 0 atom stereocenters. The zero-order valence-electron chi connectivity index (χ0n) is 11.5. The van der Waals surface area contributed by atoms with Crippen molar-refractivity contribution in [3.05, 3.63) is 36.5 Å². The van der Waals surface area contributed by atoms with Gasteiger partial charge in [0.2, 0.25) is 21.8 Å². The van der Waals surface area contributed by atoms with E-state index in [4.69, 9.17) is 9.88 Å². The summed E-state index contributed by atoms with van der Waals surface area (Å²) in [7, 11) is -2.31. The van der Waals surface area contributed by atoms with Gasteiger partial charge in [-0.05, 0) is 30.3 Å². The van der Waals surface area contributed by atoms with E-state index in [1.807, 2.05) is 0 Å². The molecule has 114 valence electrons. The number of ether oxygens (including phenoxy) is 1. The molecule has 3 N–H and O–H groups in total. The minimum atomic E-state index is -3.77. The molecule has 0 aliphatic carbocycles. The second kappa shape index (κ2) is 4.97. The maximum atomic E-state index is 11.3. The lowest BCUT2D eigenvalue weighted by Crippen LogP contribution is -2.12. The predicted octanol–water partition coefficient (Wildman–Crippen LogP) is 0.782. The van der Waals surface area contributed by atoms with E-state index >= 15 is 0 Å². The van der Waals surface area contributed by atoms with Crippen molar-refractivity contribution in [3.63, 3.8) is 0 Å². The molecule has 0 fully saturated rings. The highest BCUT2D eigenvalue weighted by atomic mass is 32.2. The molecule has 3 rings (SSSR count). The number of rotatable bonds is 3. The molecule has 8 nitrogen and oxygen atoms in total. The molecule has 0 spiro atoms. The zero-order valence-corrected chi connectivity index (χ0v) is 12.3. The SMILES string of the molecule is COc1nccc2c(O)nn(-c3ccc(S(N)(=O)=O)cc3)c12. The predicted molar refractivity (Wildman–Crippen MR) is 78.5 cm³/mol. The third kappa shape index (κ3) is 2.26. The van der Waals surface area contributed by atoms with Crippen LogP contribution < -0.4 is 9.88 Å². The van der Waals surface area contributed by atoms with Crippen molar-refractivity contribution in [1.82, 2.24) is 14.8 Å². The Morgan fingerprint density at radius 1 is 1.23 bits per heavy atom. The number of methoxy groups -OCH3 is 1. The molecule has 1 aromatic carbocycles. The fourth-order valence-corrected chi connectivity index (χ4v) is 2.65. The first-order chi connectivity index (χ1) is 10.4. The van der Waals surface area contributed by atoms with Gasteiger partial charge >= 0.3 is 0 Å². The Morgan fingerprint density at radius 3 is 2.50 bits per heavy atom. The number of fused-ring (bicyclic) bond motifs is 1.